The Morgan fingerprint density at radius 2 is 1.31 bits per heavy atom. The van der Waals surface area contributed by atoms with E-state index in [1.165, 1.54) is 27.4 Å². The first-order valence-electron chi connectivity index (χ1n) is 9.64. The van der Waals surface area contributed by atoms with Crippen molar-refractivity contribution >= 4 is 21.8 Å². The Hall–Kier alpha value is -2.61. The van der Waals surface area contributed by atoms with Crippen LogP contribution in [0.3, 0.4) is 0 Å². The van der Waals surface area contributed by atoms with Crippen molar-refractivity contribution in [2.24, 2.45) is 0 Å². The average Bonchev–Trinajstić information content (AvgIpc) is 3.06. The van der Waals surface area contributed by atoms with E-state index in [4.69, 9.17) is 0 Å². The van der Waals surface area contributed by atoms with E-state index in [9.17, 15) is 0 Å². The van der Waals surface area contributed by atoms with Crippen LogP contribution in [0.2, 0.25) is 0 Å². The van der Waals surface area contributed by atoms with Gasteiger partial charge in [0.2, 0.25) is 0 Å². The van der Waals surface area contributed by atoms with Gasteiger partial charge in [-0.15, -0.1) is 0 Å². The molecule has 0 atom stereocenters. The molecule has 4 aromatic rings. The topological polar surface area (TPSA) is 17.8 Å². The molecule has 138 valence electrons. The van der Waals surface area contributed by atoms with E-state index in [2.05, 4.69) is 65.9 Å². The molecule has 0 amide bonds. The van der Waals surface area contributed by atoms with Crippen molar-refractivity contribution < 1.29 is 0 Å². The fourth-order valence-corrected chi connectivity index (χ4v) is 2.77. The molecular weight excluding hydrogens is 316 g/mol. The largest absolute Gasteiger partial charge is 0.339 e. The maximum Gasteiger partial charge on any atom is 0.0677 e. The van der Waals surface area contributed by atoms with Gasteiger partial charge in [0, 0.05) is 29.0 Å². The van der Waals surface area contributed by atoms with Crippen LogP contribution < -0.4 is 0 Å². The Morgan fingerprint density at radius 3 is 1.88 bits per heavy atom. The van der Waals surface area contributed by atoms with Gasteiger partial charge in [-0.05, 0) is 26.0 Å². The van der Waals surface area contributed by atoms with Crippen LogP contribution in [0.25, 0.3) is 21.8 Å². The van der Waals surface area contributed by atoms with Crippen molar-refractivity contribution in [2.45, 2.75) is 48.1 Å². The average molecular weight is 349 g/mol. The highest BCUT2D eigenvalue weighted by Gasteiger charge is 2.07. The van der Waals surface area contributed by atoms with Gasteiger partial charge in [0.15, 0.2) is 0 Å². The highest BCUT2D eigenvalue weighted by Crippen LogP contribution is 2.27. The van der Waals surface area contributed by atoms with E-state index >= 15 is 0 Å². The van der Waals surface area contributed by atoms with Crippen molar-refractivity contribution in [2.75, 3.05) is 0 Å². The summed E-state index contributed by atoms with van der Waals surface area (Å²) in [6.07, 6.45) is 3.80. The van der Waals surface area contributed by atoms with Gasteiger partial charge in [0.05, 0.1) is 11.7 Å². The molecule has 0 unspecified atom stereocenters. The number of hydrogen-bond acceptors (Lipinski definition) is 1. The minimum atomic E-state index is 0.982. The van der Waals surface area contributed by atoms with Gasteiger partial charge >= 0.3 is 0 Å². The second kappa shape index (κ2) is 11.9. The second-order valence-electron chi connectivity index (χ2n) is 5.31. The second-order valence-corrected chi connectivity index (χ2v) is 5.31. The predicted octanol–water partition coefficient (Wildman–Crippen LogP) is 7.26. The number of para-hydroxylation sites is 1. The smallest absolute Gasteiger partial charge is 0.0677 e. The van der Waals surface area contributed by atoms with E-state index in [-0.39, 0.29) is 0 Å². The van der Waals surface area contributed by atoms with E-state index in [1.54, 1.807) is 0 Å². The van der Waals surface area contributed by atoms with Crippen molar-refractivity contribution in [3.63, 3.8) is 0 Å². The summed E-state index contributed by atoms with van der Waals surface area (Å²) in [6, 6.07) is 20.9. The summed E-state index contributed by atoms with van der Waals surface area (Å²) in [5, 5.41) is 2.61. The Bertz CT molecular complexity index is 823. The molecule has 4 rings (SSSR count). The molecule has 2 aromatic carbocycles. The molecule has 0 fully saturated rings. The Labute approximate surface area is 158 Å². The maximum absolute atomic E-state index is 4.20. The molecule has 0 N–H and O–H groups in total. The summed E-state index contributed by atoms with van der Waals surface area (Å²) in [5.74, 6) is 0. The number of aromatic nitrogens is 2. The minimum absolute atomic E-state index is 0.982. The molecule has 26 heavy (non-hydrogen) atoms. The van der Waals surface area contributed by atoms with Gasteiger partial charge in [-0.1, -0.05) is 81.8 Å². The van der Waals surface area contributed by atoms with Gasteiger partial charge in [0.1, 0.15) is 0 Å². The molecule has 2 heteroatoms. The zero-order valence-corrected chi connectivity index (χ0v) is 17.0. The van der Waals surface area contributed by atoms with Gasteiger partial charge in [-0.25, -0.2) is 0 Å². The summed E-state index contributed by atoms with van der Waals surface area (Å²) in [4.78, 5) is 4.20. The van der Waals surface area contributed by atoms with Crippen molar-refractivity contribution in [3.05, 3.63) is 78.6 Å². The fraction of sp³-hybridized carbons (Fsp3) is 0.292. The number of rotatable bonds is 1. The Balaban J connectivity index is 0.000000260. The molecule has 2 nitrogen and oxygen atoms in total. The van der Waals surface area contributed by atoms with Crippen LogP contribution in [-0.4, -0.2) is 9.55 Å². The number of pyridine rings is 1. The lowest BCUT2D eigenvalue weighted by atomic mass is 10.2. The zero-order valence-electron chi connectivity index (χ0n) is 17.0. The third kappa shape index (κ3) is 5.19. The number of aryl methyl sites for hydroxylation is 2. The van der Waals surface area contributed by atoms with Gasteiger partial charge in [-0.3, -0.25) is 4.98 Å². The van der Waals surface area contributed by atoms with E-state index in [0.717, 1.165) is 6.54 Å². The van der Waals surface area contributed by atoms with Crippen LogP contribution in [0.4, 0.5) is 0 Å². The molecule has 0 aliphatic heterocycles. The highest BCUT2D eigenvalue weighted by molar-refractivity contribution is 6.07. The van der Waals surface area contributed by atoms with Crippen LogP contribution in [0.15, 0.2) is 73.1 Å². The maximum atomic E-state index is 4.20. The van der Waals surface area contributed by atoms with Crippen LogP contribution in [0.5, 0.6) is 0 Å². The molecule has 0 bridgehead atoms. The zero-order chi connectivity index (χ0) is 19.4. The fourth-order valence-electron chi connectivity index (χ4n) is 2.77. The SMILES string of the molecule is CC.CC.CCn1c2ccccc2c2ccncc21.Cc1ccccc1. The van der Waals surface area contributed by atoms with Crippen molar-refractivity contribution in [1.82, 2.24) is 9.55 Å². The quantitative estimate of drug-likeness (QED) is 0.354. The van der Waals surface area contributed by atoms with Crippen LogP contribution in [0.1, 0.15) is 40.2 Å². The molecule has 0 aliphatic carbocycles. The number of hydrogen-bond donors (Lipinski definition) is 0. The number of nitrogens with zero attached hydrogens (tertiary/aromatic N) is 2. The molecule has 0 radical (unpaired) electrons. The first-order chi connectivity index (χ1) is 12.8. The summed E-state index contributed by atoms with van der Waals surface area (Å²) < 4.78 is 2.30. The third-order valence-electron chi connectivity index (χ3n) is 3.83. The molecule has 0 saturated heterocycles. The highest BCUT2D eigenvalue weighted by atomic mass is 15.0. The van der Waals surface area contributed by atoms with E-state index < -0.39 is 0 Å². The first-order valence-corrected chi connectivity index (χ1v) is 9.64. The molecule has 0 aliphatic rings. The summed E-state index contributed by atoms with van der Waals surface area (Å²) in [5.41, 5.74) is 3.84. The standard InChI is InChI=1S/C13H12N2.C7H8.2C2H6/c1-2-15-12-6-4-3-5-10(12)11-7-8-14-9-13(11)15;1-7-5-3-2-4-6-7;2*1-2/h3-9H,2H2,1H3;2-6H,1H3;2*1-2H3. The minimum Gasteiger partial charge on any atom is -0.339 e. The normalized spacial score (nSPS) is 9.31. The molecule has 2 aromatic heterocycles. The van der Waals surface area contributed by atoms with E-state index in [0.29, 0.717) is 0 Å². The Morgan fingerprint density at radius 1 is 0.731 bits per heavy atom. The van der Waals surface area contributed by atoms with Crippen molar-refractivity contribution in [1.29, 1.82) is 0 Å². The van der Waals surface area contributed by atoms with Crippen molar-refractivity contribution in [3.8, 4) is 0 Å². The summed E-state index contributed by atoms with van der Waals surface area (Å²) >= 11 is 0. The monoisotopic (exact) mass is 348 g/mol. The van der Waals surface area contributed by atoms with Gasteiger partial charge in [0.25, 0.3) is 0 Å². The van der Waals surface area contributed by atoms with E-state index in [1.807, 2.05) is 58.3 Å². The van der Waals surface area contributed by atoms with Crippen LogP contribution >= 0.6 is 0 Å². The van der Waals surface area contributed by atoms with Gasteiger partial charge in [-0.2, -0.15) is 0 Å². The molecule has 0 spiro atoms. The van der Waals surface area contributed by atoms with Gasteiger partial charge < -0.3 is 4.57 Å². The first kappa shape index (κ1) is 21.4. The lowest BCUT2D eigenvalue weighted by molar-refractivity contribution is 0.825. The predicted molar refractivity (Wildman–Crippen MR) is 117 cm³/mol. The van der Waals surface area contributed by atoms with Crippen LogP contribution in [0, 0.1) is 6.92 Å². The Kier molecular flexibility index (Phi) is 9.78. The van der Waals surface area contributed by atoms with Crippen LogP contribution in [-0.2, 0) is 6.54 Å². The summed E-state index contributed by atoms with van der Waals surface area (Å²) in [6.45, 7) is 13.2. The lowest BCUT2D eigenvalue weighted by Crippen LogP contribution is -1.92. The molecular formula is C24H32N2. The summed E-state index contributed by atoms with van der Waals surface area (Å²) in [7, 11) is 0. The molecule has 0 saturated carbocycles. The number of benzene rings is 2. The third-order valence-corrected chi connectivity index (χ3v) is 3.83. The molecule has 2 heterocycles. The lowest BCUT2D eigenvalue weighted by Gasteiger charge is -2.01. The number of fused-ring (bicyclic) bond motifs is 3.